The van der Waals surface area contributed by atoms with Crippen LogP contribution in [0.2, 0.25) is 0 Å². The maximum absolute atomic E-state index is 2.66. The minimum atomic E-state index is 0.0221. The molecular formula is C50H40BN3. The van der Waals surface area contributed by atoms with E-state index in [1.54, 1.807) is 0 Å². The Morgan fingerprint density at radius 2 is 1.06 bits per heavy atom. The molecule has 0 bridgehead atoms. The molecule has 0 atom stereocenters. The number of nitrogens with zero attached hydrogens (tertiary/aromatic N) is 3. The summed E-state index contributed by atoms with van der Waals surface area (Å²) in [6.07, 6.45) is 0. The molecule has 3 aromatic heterocycles. The Hall–Kier alpha value is -6.00. The standard InChI is InChI=1S/C50H40BN3/c1-49(2,3)29-22-24-39-33(26-29)35-28-34-32-16-12-18-38-46(32)54(48(34)44-36-27-30(50(4,5)6)23-25-40(36)53(39)47(35)44)43-21-13-20-42-45(43)51(38)37-17-10-11-19-41(37)52(42)31-14-8-7-9-15-31/h7-28H,1-6H3. The molecule has 54 heavy (non-hydrogen) atoms. The third-order valence-corrected chi connectivity index (χ3v) is 12.7. The van der Waals surface area contributed by atoms with Crippen molar-refractivity contribution in [2.45, 2.75) is 52.4 Å². The van der Waals surface area contributed by atoms with E-state index in [9.17, 15) is 0 Å². The fraction of sp³-hybridized carbons (Fsp3) is 0.160. The van der Waals surface area contributed by atoms with Gasteiger partial charge >= 0.3 is 0 Å². The van der Waals surface area contributed by atoms with E-state index in [1.807, 2.05) is 0 Å². The lowest BCUT2D eigenvalue weighted by Gasteiger charge is -2.40. The number of anilines is 3. The van der Waals surface area contributed by atoms with Crippen LogP contribution >= 0.6 is 0 Å². The van der Waals surface area contributed by atoms with Gasteiger partial charge in [0.05, 0.1) is 22.1 Å². The van der Waals surface area contributed by atoms with Gasteiger partial charge in [0.15, 0.2) is 0 Å². The first-order valence-electron chi connectivity index (χ1n) is 19.4. The molecular weight excluding hydrogens is 653 g/mol. The molecule has 0 amide bonds. The number of benzene rings is 7. The molecule has 0 spiro atoms. The average molecular weight is 694 g/mol. The summed E-state index contributed by atoms with van der Waals surface area (Å²) >= 11 is 0. The molecule has 0 radical (unpaired) electrons. The second-order valence-electron chi connectivity index (χ2n) is 17.8. The van der Waals surface area contributed by atoms with E-state index in [2.05, 4.69) is 189 Å². The van der Waals surface area contributed by atoms with Crippen molar-refractivity contribution < 1.29 is 0 Å². The van der Waals surface area contributed by atoms with Crippen LogP contribution in [-0.4, -0.2) is 15.7 Å². The van der Waals surface area contributed by atoms with Crippen molar-refractivity contribution >= 4 is 100 Å². The minimum absolute atomic E-state index is 0.0221. The maximum Gasteiger partial charge on any atom is 0.252 e. The van der Waals surface area contributed by atoms with Crippen LogP contribution in [0.3, 0.4) is 0 Å². The molecule has 0 unspecified atom stereocenters. The van der Waals surface area contributed by atoms with Crippen LogP contribution in [0, 0.1) is 0 Å². The lowest BCUT2D eigenvalue weighted by Crippen LogP contribution is -2.60. The summed E-state index contributed by atoms with van der Waals surface area (Å²) in [5.74, 6) is 0. The summed E-state index contributed by atoms with van der Waals surface area (Å²) in [7, 11) is 0. The summed E-state index contributed by atoms with van der Waals surface area (Å²) in [6.45, 7) is 14.1. The van der Waals surface area contributed by atoms with E-state index in [4.69, 9.17) is 0 Å². The fourth-order valence-electron chi connectivity index (χ4n) is 10.2. The lowest BCUT2D eigenvalue weighted by molar-refractivity contribution is 0.591. The van der Waals surface area contributed by atoms with Crippen molar-refractivity contribution in [3.63, 3.8) is 0 Å². The van der Waals surface area contributed by atoms with Gasteiger partial charge in [-0.25, -0.2) is 0 Å². The van der Waals surface area contributed by atoms with Crippen LogP contribution in [-0.2, 0) is 10.8 Å². The van der Waals surface area contributed by atoms with Gasteiger partial charge in [-0.2, -0.15) is 0 Å². The van der Waals surface area contributed by atoms with Crippen LogP contribution < -0.4 is 21.3 Å². The molecule has 10 aromatic rings. The van der Waals surface area contributed by atoms with Gasteiger partial charge < -0.3 is 13.9 Å². The van der Waals surface area contributed by atoms with Crippen LogP contribution in [0.1, 0.15) is 52.7 Å². The third kappa shape index (κ3) is 3.69. The van der Waals surface area contributed by atoms with Gasteiger partial charge in [0, 0.05) is 60.6 Å². The summed E-state index contributed by atoms with van der Waals surface area (Å²) in [5, 5.41) is 8.02. The molecule has 0 fully saturated rings. The van der Waals surface area contributed by atoms with E-state index in [-0.39, 0.29) is 17.5 Å². The first-order valence-corrected chi connectivity index (χ1v) is 19.4. The monoisotopic (exact) mass is 693 g/mol. The van der Waals surface area contributed by atoms with Gasteiger partial charge in [0.1, 0.15) is 0 Å². The summed E-state index contributed by atoms with van der Waals surface area (Å²) < 4.78 is 5.22. The molecule has 258 valence electrons. The Morgan fingerprint density at radius 1 is 0.444 bits per heavy atom. The summed E-state index contributed by atoms with van der Waals surface area (Å²) in [6, 6.07) is 51.0. The number of fused-ring (bicyclic) bond motifs is 14. The molecule has 4 heteroatoms. The van der Waals surface area contributed by atoms with Gasteiger partial charge in [-0.15, -0.1) is 0 Å². The molecule has 12 rings (SSSR count). The van der Waals surface area contributed by atoms with Crippen LogP contribution in [0.5, 0.6) is 0 Å². The van der Waals surface area contributed by atoms with Crippen LogP contribution in [0.25, 0.3) is 65.6 Å². The van der Waals surface area contributed by atoms with E-state index in [0.717, 1.165) is 0 Å². The Labute approximate surface area is 315 Å². The third-order valence-electron chi connectivity index (χ3n) is 12.7. The summed E-state index contributed by atoms with van der Waals surface area (Å²) in [4.78, 5) is 2.48. The molecule has 0 saturated heterocycles. The fourth-order valence-corrected chi connectivity index (χ4v) is 10.2. The Balaban J connectivity index is 1.31. The number of para-hydroxylation sites is 3. The van der Waals surface area contributed by atoms with Crippen molar-refractivity contribution in [1.82, 2.24) is 8.97 Å². The lowest BCUT2D eigenvalue weighted by atomic mass is 9.34. The van der Waals surface area contributed by atoms with Gasteiger partial charge in [0.25, 0.3) is 6.71 Å². The first kappa shape index (κ1) is 30.5. The minimum Gasteiger partial charge on any atom is -0.311 e. The van der Waals surface area contributed by atoms with Crippen molar-refractivity contribution in [1.29, 1.82) is 0 Å². The molecule has 2 aliphatic rings. The maximum atomic E-state index is 2.66. The first-order chi connectivity index (χ1) is 26.1. The highest BCUT2D eigenvalue weighted by atomic mass is 15.2. The molecule has 3 nitrogen and oxygen atoms in total. The largest absolute Gasteiger partial charge is 0.311 e. The van der Waals surface area contributed by atoms with Crippen molar-refractivity contribution in [3.05, 3.63) is 145 Å². The second-order valence-corrected chi connectivity index (χ2v) is 17.8. The molecule has 7 aromatic carbocycles. The van der Waals surface area contributed by atoms with Gasteiger partial charge in [-0.3, -0.25) is 0 Å². The zero-order valence-electron chi connectivity index (χ0n) is 31.6. The average Bonchev–Trinajstić information content (AvgIpc) is 3.80. The number of hydrogen-bond acceptors (Lipinski definition) is 1. The highest BCUT2D eigenvalue weighted by Gasteiger charge is 2.42. The highest BCUT2D eigenvalue weighted by molar-refractivity contribution is 7.00. The van der Waals surface area contributed by atoms with E-state index >= 15 is 0 Å². The van der Waals surface area contributed by atoms with Crippen LogP contribution in [0.4, 0.5) is 17.1 Å². The van der Waals surface area contributed by atoms with E-state index < -0.39 is 0 Å². The topological polar surface area (TPSA) is 12.6 Å². The smallest absolute Gasteiger partial charge is 0.252 e. The van der Waals surface area contributed by atoms with Crippen molar-refractivity contribution in [3.8, 4) is 5.69 Å². The molecule has 0 N–H and O–H groups in total. The molecule has 5 heterocycles. The number of hydrogen-bond donors (Lipinski definition) is 0. The highest BCUT2D eigenvalue weighted by Crippen LogP contribution is 2.49. The normalized spacial score (nSPS) is 14.0. The van der Waals surface area contributed by atoms with Gasteiger partial charge in [-0.05, 0) is 99.0 Å². The SMILES string of the molecule is CC(C)(C)c1ccc2c(c1)c1cc3c4cccc5c4n(c3c3c4cc(C(C)(C)C)ccc4n2c13)-c1cccc2c1B5c1ccccc1N2c1ccccc1. The van der Waals surface area contributed by atoms with E-state index in [1.165, 1.54) is 110 Å². The predicted octanol–water partition coefficient (Wildman–Crippen LogP) is 11.1. The second kappa shape index (κ2) is 9.95. The molecule has 0 saturated carbocycles. The molecule has 2 aliphatic heterocycles. The van der Waals surface area contributed by atoms with Crippen molar-refractivity contribution in [2.75, 3.05) is 4.90 Å². The Kier molecular flexibility index (Phi) is 5.61. The van der Waals surface area contributed by atoms with Gasteiger partial charge in [-0.1, -0.05) is 114 Å². The van der Waals surface area contributed by atoms with Crippen LogP contribution in [0.15, 0.2) is 133 Å². The number of aromatic nitrogens is 2. The molecule has 0 aliphatic carbocycles. The Bertz CT molecular complexity index is 3240. The zero-order valence-corrected chi connectivity index (χ0v) is 31.6. The van der Waals surface area contributed by atoms with Gasteiger partial charge in [0.2, 0.25) is 0 Å². The zero-order chi connectivity index (χ0) is 36.4. The van der Waals surface area contributed by atoms with Crippen molar-refractivity contribution in [2.24, 2.45) is 0 Å². The quantitative estimate of drug-likeness (QED) is 0.156. The van der Waals surface area contributed by atoms with E-state index in [0.29, 0.717) is 0 Å². The summed E-state index contributed by atoms with van der Waals surface area (Å²) in [5.41, 5.74) is 18.4. The Morgan fingerprint density at radius 3 is 1.81 bits per heavy atom. The number of rotatable bonds is 1. The predicted molar refractivity (Wildman–Crippen MR) is 232 cm³/mol.